The third kappa shape index (κ3) is 2.88. The number of anilines is 1. The van der Waals surface area contributed by atoms with Crippen LogP contribution in [-0.2, 0) is 6.54 Å². The van der Waals surface area contributed by atoms with Gasteiger partial charge in [0.1, 0.15) is 0 Å². The van der Waals surface area contributed by atoms with Gasteiger partial charge in [0.15, 0.2) is 5.82 Å². The molecule has 0 atom stereocenters. The van der Waals surface area contributed by atoms with E-state index < -0.39 is 6.09 Å². The molecule has 116 valence electrons. The number of carbonyl (C=O) groups is 1. The van der Waals surface area contributed by atoms with Gasteiger partial charge in [-0.05, 0) is 11.4 Å². The molecule has 0 unspecified atom stereocenters. The van der Waals surface area contributed by atoms with E-state index in [1.165, 1.54) is 4.90 Å². The van der Waals surface area contributed by atoms with Crippen LogP contribution >= 0.6 is 11.3 Å². The molecule has 0 spiro atoms. The molecule has 1 amide bonds. The lowest BCUT2D eigenvalue weighted by Gasteiger charge is -2.34. The van der Waals surface area contributed by atoms with Crippen molar-refractivity contribution in [3.05, 3.63) is 29.4 Å². The van der Waals surface area contributed by atoms with Crippen molar-refractivity contribution in [1.82, 2.24) is 14.9 Å². The van der Waals surface area contributed by atoms with E-state index in [4.69, 9.17) is 10.8 Å². The molecule has 0 saturated carbocycles. The molecule has 1 aliphatic heterocycles. The smallest absolute Gasteiger partial charge is 0.407 e. The van der Waals surface area contributed by atoms with Gasteiger partial charge in [-0.3, -0.25) is 0 Å². The second kappa shape index (κ2) is 6.29. The maximum Gasteiger partial charge on any atom is 0.407 e. The Morgan fingerprint density at radius 1 is 1.36 bits per heavy atom. The standard InChI is InChI=1S/C14H17N5O2S/c15-8-10-13(18-3-5-19(6-4-18)14(20)21)16-9-11(17-10)12-2-1-7-22-12/h1-2,7,9H,3-6,8,15H2,(H,20,21). The van der Waals surface area contributed by atoms with Gasteiger partial charge in [-0.1, -0.05) is 6.07 Å². The molecule has 1 aliphatic rings. The normalized spacial score (nSPS) is 15.1. The molecule has 22 heavy (non-hydrogen) atoms. The van der Waals surface area contributed by atoms with Crippen LogP contribution < -0.4 is 10.6 Å². The number of thiophene rings is 1. The highest BCUT2D eigenvalue weighted by Crippen LogP contribution is 2.25. The predicted molar refractivity (Wildman–Crippen MR) is 85.0 cm³/mol. The number of hydrogen-bond donors (Lipinski definition) is 2. The summed E-state index contributed by atoms with van der Waals surface area (Å²) in [5.74, 6) is 0.757. The fourth-order valence-corrected chi connectivity index (χ4v) is 3.15. The number of nitrogens with zero attached hydrogens (tertiary/aromatic N) is 4. The molecular formula is C14H17N5O2S. The number of hydrogen-bond acceptors (Lipinski definition) is 6. The maximum absolute atomic E-state index is 11.0. The molecular weight excluding hydrogens is 302 g/mol. The second-order valence-electron chi connectivity index (χ2n) is 4.96. The maximum atomic E-state index is 11.0. The Labute approximate surface area is 132 Å². The SMILES string of the molecule is NCc1nc(-c2cccs2)cnc1N1CCN(C(=O)O)CC1. The first-order valence-corrected chi connectivity index (χ1v) is 7.89. The molecule has 0 bridgehead atoms. The highest BCUT2D eigenvalue weighted by molar-refractivity contribution is 7.13. The highest BCUT2D eigenvalue weighted by atomic mass is 32.1. The average Bonchev–Trinajstić information content (AvgIpc) is 3.09. The Balaban J connectivity index is 1.81. The van der Waals surface area contributed by atoms with Crippen molar-refractivity contribution in [2.45, 2.75) is 6.54 Å². The molecule has 8 heteroatoms. The summed E-state index contributed by atoms with van der Waals surface area (Å²) >= 11 is 1.61. The zero-order chi connectivity index (χ0) is 15.5. The van der Waals surface area contributed by atoms with E-state index in [1.807, 2.05) is 22.4 Å². The van der Waals surface area contributed by atoms with Crippen molar-refractivity contribution in [3.63, 3.8) is 0 Å². The van der Waals surface area contributed by atoms with Crippen LogP contribution in [0.1, 0.15) is 5.69 Å². The van der Waals surface area contributed by atoms with Crippen LogP contribution in [0, 0.1) is 0 Å². The lowest BCUT2D eigenvalue weighted by atomic mass is 10.2. The fraction of sp³-hybridized carbons (Fsp3) is 0.357. The molecule has 0 aromatic carbocycles. The van der Waals surface area contributed by atoms with Gasteiger partial charge in [0, 0.05) is 32.7 Å². The first-order valence-electron chi connectivity index (χ1n) is 7.01. The summed E-state index contributed by atoms with van der Waals surface area (Å²) in [5, 5.41) is 11.0. The molecule has 0 aliphatic carbocycles. The van der Waals surface area contributed by atoms with Crippen LogP contribution in [0.3, 0.4) is 0 Å². The van der Waals surface area contributed by atoms with Gasteiger partial charge in [0.05, 0.1) is 22.5 Å². The summed E-state index contributed by atoms with van der Waals surface area (Å²) in [6.07, 6.45) is 0.877. The molecule has 3 rings (SSSR count). The summed E-state index contributed by atoms with van der Waals surface area (Å²) in [6, 6.07) is 3.98. The number of piperazine rings is 1. The molecule has 2 aromatic rings. The van der Waals surface area contributed by atoms with E-state index in [0.717, 1.165) is 22.1 Å². The van der Waals surface area contributed by atoms with Crippen LogP contribution in [-0.4, -0.2) is 52.2 Å². The minimum absolute atomic E-state index is 0.306. The number of aromatic nitrogens is 2. The van der Waals surface area contributed by atoms with Crippen LogP contribution in [0.4, 0.5) is 10.6 Å². The van der Waals surface area contributed by atoms with Crippen LogP contribution in [0.5, 0.6) is 0 Å². The van der Waals surface area contributed by atoms with Gasteiger partial charge in [0.2, 0.25) is 0 Å². The van der Waals surface area contributed by atoms with Gasteiger partial charge in [0.25, 0.3) is 0 Å². The molecule has 3 N–H and O–H groups in total. The lowest BCUT2D eigenvalue weighted by molar-refractivity contribution is 0.142. The number of rotatable bonds is 3. The zero-order valence-electron chi connectivity index (χ0n) is 12.0. The summed E-state index contributed by atoms with van der Waals surface area (Å²) < 4.78 is 0. The predicted octanol–water partition coefficient (Wildman–Crippen LogP) is 1.46. The Kier molecular flexibility index (Phi) is 4.21. The van der Waals surface area contributed by atoms with Crippen LogP contribution in [0.2, 0.25) is 0 Å². The number of nitrogens with two attached hydrogens (primary N) is 1. The fourth-order valence-electron chi connectivity index (χ4n) is 2.47. The van der Waals surface area contributed by atoms with E-state index in [9.17, 15) is 4.79 Å². The minimum atomic E-state index is -0.877. The zero-order valence-corrected chi connectivity index (χ0v) is 12.8. The molecule has 1 saturated heterocycles. The summed E-state index contributed by atoms with van der Waals surface area (Å²) in [4.78, 5) is 24.6. The average molecular weight is 319 g/mol. The largest absolute Gasteiger partial charge is 0.465 e. The third-order valence-electron chi connectivity index (χ3n) is 3.64. The molecule has 1 fully saturated rings. The first-order chi connectivity index (χ1) is 10.7. The third-order valence-corrected chi connectivity index (χ3v) is 4.53. The van der Waals surface area contributed by atoms with Gasteiger partial charge < -0.3 is 20.6 Å². The van der Waals surface area contributed by atoms with E-state index >= 15 is 0 Å². The number of amides is 1. The van der Waals surface area contributed by atoms with E-state index in [1.54, 1.807) is 17.5 Å². The molecule has 7 nitrogen and oxygen atoms in total. The number of carboxylic acid groups (broad SMARTS) is 1. The first kappa shape index (κ1) is 14.7. The topological polar surface area (TPSA) is 95.6 Å². The van der Waals surface area contributed by atoms with Gasteiger partial charge in [-0.25, -0.2) is 14.8 Å². The Hall–Kier alpha value is -2.19. The van der Waals surface area contributed by atoms with Crippen molar-refractivity contribution in [2.75, 3.05) is 31.1 Å². The second-order valence-corrected chi connectivity index (χ2v) is 5.91. The van der Waals surface area contributed by atoms with Crippen LogP contribution in [0.15, 0.2) is 23.7 Å². The Morgan fingerprint density at radius 3 is 2.73 bits per heavy atom. The summed E-state index contributed by atoms with van der Waals surface area (Å²) in [7, 11) is 0. The summed E-state index contributed by atoms with van der Waals surface area (Å²) in [6.45, 7) is 2.45. The van der Waals surface area contributed by atoms with Crippen LogP contribution in [0.25, 0.3) is 10.6 Å². The molecule has 2 aromatic heterocycles. The van der Waals surface area contributed by atoms with Crippen molar-refractivity contribution >= 4 is 23.2 Å². The minimum Gasteiger partial charge on any atom is -0.465 e. The van der Waals surface area contributed by atoms with Crippen molar-refractivity contribution in [3.8, 4) is 10.6 Å². The van der Waals surface area contributed by atoms with E-state index in [-0.39, 0.29) is 0 Å². The Bertz CT molecular complexity index is 653. The summed E-state index contributed by atoms with van der Waals surface area (Å²) in [5.41, 5.74) is 7.39. The van der Waals surface area contributed by atoms with Gasteiger partial charge in [-0.15, -0.1) is 11.3 Å². The van der Waals surface area contributed by atoms with E-state index in [2.05, 4.69) is 9.97 Å². The van der Waals surface area contributed by atoms with Gasteiger partial charge >= 0.3 is 6.09 Å². The monoisotopic (exact) mass is 319 g/mol. The Morgan fingerprint density at radius 2 is 2.14 bits per heavy atom. The quantitative estimate of drug-likeness (QED) is 0.889. The van der Waals surface area contributed by atoms with Crippen molar-refractivity contribution in [2.24, 2.45) is 5.73 Å². The highest BCUT2D eigenvalue weighted by Gasteiger charge is 2.23. The van der Waals surface area contributed by atoms with Crippen molar-refractivity contribution < 1.29 is 9.90 Å². The van der Waals surface area contributed by atoms with Crippen molar-refractivity contribution in [1.29, 1.82) is 0 Å². The molecule has 0 radical (unpaired) electrons. The van der Waals surface area contributed by atoms with Gasteiger partial charge in [-0.2, -0.15) is 0 Å². The van der Waals surface area contributed by atoms with E-state index in [0.29, 0.717) is 32.7 Å². The lowest BCUT2D eigenvalue weighted by Crippen LogP contribution is -2.49. The molecule has 3 heterocycles.